The molecular weight excluding hydrogens is 426 g/mol. The summed E-state index contributed by atoms with van der Waals surface area (Å²) in [5, 5.41) is 7.64. The van der Waals surface area contributed by atoms with Crippen LogP contribution in [0.3, 0.4) is 0 Å². The number of carbonyl (C=O) groups excluding carboxylic acids is 2. The van der Waals surface area contributed by atoms with Crippen molar-refractivity contribution in [2.24, 2.45) is 0 Å². The highest BCUT2D eigenvalue weighted by atomic mass is 16.2. The number of para-hydroxylation sites is 1. The van der Waals surface area contributed by atoms with Gasteiger partial charge in [-0.05, 0) is 67.9 Å². The maximum absolute atomic E-state index is 13.5. The molecule has 1 aromatic heterocycles. The van der Waals surface area contributed by atoms with Crippen LogP contribution in [-0.2, 0) is 6.54 Å². The number of aryl methyl sites for hydroxylation is 1. The maximum atomic E-state index is 13.5. The average Bonchev–Trinajstić information content (AvgIpc) is 3.77. The summed E-state index contributed by atoms with van der Waals surface area (Å²) in [6.45, 7) is 6.65. The minimum atomic E-state index is -0.151. The van der Waals surface area contributed by atoms with Crippen molar-refractivity contribution in [2.45, 2.75) is 71.0 Å². The van der Waals surface area contributed by atoms with E-state index in [1.165, 1.54) is 5.56 Å². The Morgan fingerprint density at radius 3 is 2.41 bits per heavy atom. The lowest BCUT2D eigenvalue weighted by molar-refractivity contribution is 0.0717. The van der Waals surface area contributed by atoms with Gasteiger partial charge >= 0.3 is 0 Å². The first kappa shape index (κ1) is 22.3. The summed E-state index contributed by atoms with van der Waals surface area (Å²) in [4.78, 5) is 32.1. The smallest absolute Gasteiger partial charge is 0.294 e. The highest BCUT2D eigenvalue weighted by Gasteiger charge is 2.35. The zero-order chi connectivity index (χ0) is 23.8. The van der Waals surface area contributed by atoms with Crippen molar-refractivity contribution in [1.29, 1.82) is 0 Å². The van der Waals surface area contributed by atoms with Crippen molar-refractivity contribution >= 4 is 11.8 Å². The van der Waals surface area contributed by atoms with Crippen LogP contribution in [0.5, 0.6) is 0 Å². The summed E-state index contributed by atoms with van der Waals surface area (Å²) in [6, 6.07) is 16.2. The summed E-state index contributed by atoms with van der Waals surface area (Å²) >= 11 is 0. The molecule has 5 rings (SSSR count). The lowest BCUT2D eigenvalue weighted by Gasteiger charge is -2.21. The molecule has 0 atom stereocenters. The van der Waals surface area contributed by atoms with E-state index >= 15 is 0 Å². The molecule has 1 N–H and O–H groups in total. The van der Waals surface area contributed by atoms with Gasteiger partial charge in [0.2, 0.25) is 5.82 Å². The van der Waals surface area contributed by atoms with Gasteiger partial charge in [0.1, 0.15) is 5.82 Å². The summed E-state index contributed by atoms with van der Waals surface area (Å²) < 4.78 is 1.78. The third-order valence-electron chi connectivity index (χ3n) is 6.48. The molecule has 2 aliphatic carbocycles. The molecule has 2 aliphatic rings. The first-order chi connectivity index (χ1) is 16.4. The molecule has 176 valence electrons. The topological polar surface area (TPSA) is 80.1 Å². The molecular formula is C27H31N5O2. The minimum Gasteiger partial charge on any atom is -0.349 e. The second-order valence-electron chi connectivity index (χ2n) is 9.72. The molecule has 3 aromatic rings. The van der Waals surface area contributed by atoms with Crippen LogP contribution < -0.4 is 5.32 Å². The van der Waals surface area contributed by atoms with Gasteiger partial charge in [0.15, 0.2) is 0 Å². The van der Waals surface area contributed by atoms with Gasteiger partial charge in [-0.1, -0.05) is 44.2 Å². The Bertz CT molecular complexity index is 1210. The summed E-state index contributed by atoms with van der Waals surface area (Å²) in [5.74, 6) is 1.07. The highest BCUT2D eigenvalue weighted by Crippen LogP contribution is 2.30. The summed E-state index contributed by atoms with van der Waals surface area (Å²) in [6.07, 6.45) is 4.11. The van der Waals surface area contributed by atoms with E-state index in [-0.39, 0.29) is 23.7 Å². The van der Waals surface area contributed by atoms with Crippen molar-refractivity contribution < 1.29 is 9.59 Å². The van der Waals surface area contributed by atoms with Crippen LogP contribution >= 0.6 is 0 Å². The van der Waals surface area contributed by atoms with Gasteiger partial charge in [0, 0.05) is 24.2 Å². The number of nitrogens with one attached hydrogen (secondary N) is 1. The third-order valence-corrected chi connectivity index (χ3v) is 6.48. The Hall–Kier alpha value is -3.48. The first-order valence-corrected chi connectivity index (χ1v) is 12.1. The largest absolute Gasteiger partial charge is 0.349 e. The maximum Gasteiger partial charge on any atom is 0.294 e. The molecule has 0 bridgehead atoms. The van der Waals surface area contributed by atoms with Crippen molar-refractivity contribution in [3.05, 3.63) is 76.9 Å². The normalized spacial score (nSPS) is 15.4. The molecule has 1 heterocycles. The van der Waals surface area contributed by atoms with Gasteiger partial charge in [-0.2, -0.15) is 0 Å². The van der Waals surface area contributed by atoms with Gasteiger partial charge in [-0.25, -0.2) is 9.67 Å². The quantitative estimate of drug-likeness (QED) is 0.544. The van der Waals surface area contributed by atoms with E-state index in [1.54, 1.807) is 4.68 Å². The molecule has 0 aliphatic heterocycles. The van der Waals surface area contributed by atoms with Gasteiger partial charge in [-0.3, -0.25) is 9.59 Å². The van der Waals surface area contributed by atoms with E-state index in [0.29, 0.717) is 29.9 Å². The average molecular weight is 458 g/mol. The molecule has 2 fully saturated rings. The SMILES string of the molecule is Cc1nc(C(=O)N(Cc2ccc(C(=O)NC3CC3)cc2)C2CC2)nn1-c1ccccc1C(C)C. The van der Waals surface area contributed by atoms with E-state index < -0.39 is 0 Å². The number of carbonyl (C=O) groups is 2. The predicted molar refractivity (Wildman–Crippen MR) is 130 cm³/mol. The fraction of sp³-hybridized carbons (Fsp3) is 0.407. The van der Waals surface area contributed by atoms with Crippen LogP contribution in [0.4, 0.5) is 0 Å². The minimum absolute atomic E-state index is 0.0314. The first-order valence-electron chi connectivity index (χ1n) is 12.1. The Morgan fingerprint density at radius 1 is 1.06 bits per heavy atom. The molecule has 2 amide bonds. The molecule has 2 aromatic carbocycles. The Kier molecular flexibility index (Phi) is 5.94. The van der Waals surface area contributed by atoms with Gasteiger partial charge in [-0.15, -0.1) is 5.10 Å². The van der Waals surface area contributed by atoms with Crippen LogP contribution in [0.25, 0.3) is 5.69 Å². The Balaban J connectivity index is 1.35. The number of aromatic nitrogens is 3. The van der Waals surface area contributed by atoms with Gasteiger partial charge < -0.3 is 10.2 Å². The highest BCUT2D eigenvalue weighted by molar-refractivity contribution is 5.94. The second kappa shape index (κ2) is 9.05. The van der Waals surface area contributed by atoms with Crippen molar-refractivity contribution in [2.75, 3.05) is 0 Å². The van der Waals surface area contributed by atoms with Crippen LogP contribution in [-0.4, -0.2) is 43.6 Å². The Labute approximate surface area is 200 Å². The lowest BCUT2D eigenvalue weighted by Crippen LogP contribution is -2.33. The fourth-order valence-electron chi connectivity index (χ4n) is 4.21. The van der Waals surface area contributed by atoms with E-state index in [4.69, 9.17) is 0 Å². The zero-order valence-corrected chi connectivity index (χ0v) is 20.0. The molecule has 7 nitrogen and oxygen atoms in total. The van der Waals surface area contributed by atoms with E-state index in [9.17, 15) is 9.59 Å². The predicted octanol–water partition coefficient (Wildman–Crippen LogP) is 4.40. The Morgan fingerprint density at radius 2 is 1.76 bits per heavy atom. The van der Waals surface area contributed by atoms with Crippen LogP contribution in [0.2, 0.25) is 0 Å². The number of hydrogen-bond donors (Lipinski definition) is 1. The standard InChI is InChI=1S/C27H31N5O2/c1-17(2)23-6-4-5-7-24(23)32-18(3)28-25(30-32)27(34)31(22-14-15-22)16-19-8-10-20(11-9-19)26(33)29-21-12-13-21/h4-11,17,21-22H,12-16H2,1-3H3,(H,29,33). The number of benzene rings is 2. The number of nitrogens with zero attached hydrogens (tertiary/aromatic N) is 4. The van der Waals surface area contributed by atoms with Crippen molar-refractivity contribution in [3.8, 4) is 5.69 Å². The zero-order valence-electron chi connectivity index (χ0n) is 20.0. The summed E-state index contributed by atoms with van der Waals surface area (Å²) in [7, 11) is 0. The number of rotatable bonds is 8. The molecule has 0 unspecified atom stereocenters. The van der Waals surface area contributed by atoms with Crippen LogP contribution in [0, 0.1) is 6.92 Å². The third kappa shape index (κ3) is 4.74. The second-order valence-corrected chi connectivity index (χ2v) is 9.72. The van der Waals surface area contributed by atoms with E-state index in [0.717, 1.165) is 36.9 Å². The molecule has 34 heavy (non-hydrogen) atoms. The van der Waals surface area contributed by atoms with Crippen LogP contribution in [0.15, 0.2) is 48.5 Å². The molecule has 7 heteroatoms. The number of amides is 2. The fourth-order valence-corrected chi connectivity index (χ4v) is 4.21. The monoisotopic (exact) mass is 457 g/mol. The van der Waals surface area contributed by atoms with Crippen molar-refractivity contribution in [3.63, 3.8) is 0 Å². The van der Waals surface area contributed by atoms with Gasteiger partial charge in [0.05, 0.1) is 5.69 Å². The number of hydrogen-bond acceptors (Lipinski definition) is 4. The van der Waals surface area contributed by atoms with E-state index in [1.807, 2.05) is 54.3 Å². The molecule has 0 spiro atoms. The van der Waals surface area contributed by atoms with Crippen molar-refractivity contribution in [1.82, 2.24) is 25.0 Å². The summed E-state index contributed by atoms with van der Waals surface area (Å²) in [5.41, 5.74) is 3.77. The molecule has 0 radical (unpaired) electrons. The van der Waals surface area contributed by atoms with Gasteiger partial charge in [0.25, 0.3) is 11.8 Å². The van der Waals surface area contributed by atoms with Crippen LogP contribution in [0.1, 0.15) is 83.4 Å². The lowest BCUT2D eigenvalue weighted by atomic mass is 10.0. The molecule has 2 saturated carbocycles. The van der Waals surface area contributed by atoms with E-state index in [2.05, 4.69) is 35.3 Å². The molecule has 0 saturated heterocycles.